The number of halogens is 1. The van der Waals surface area contributed by atoms with E-state index in [-0.39, 0.29) is 0 Å². The van der Waals surface area contributed by atoms with Crippen molar-refractivity contribution in [1.29, 1.82) is 0 Å². The van der Waals surface area contributed by atoms with E-state index >= 15 is 0 Å². The lowest BCUT2D eigenvalue weighted by Crippen LogP contribution is -2.10. The van der Waals surface area contributed by atoms with E-state index < -0.39 is 0 Å². The van der Waals surface area contributed by atoms with Crippen LogP contribution in [0.25, 0.3) is 0 Å². The molecule has 0 aromatic carbocycles. The second-order valence-electron chi connectivity index (χ2n) is 1.05. The molecule has 0 heterocycles. The van der Waals surface area contributed by atoms with E-state index in [4.69, 9.17) is 4.84 Å². The molecule has 44 valence electrons. The van der Waals surface area contributed by atoms with E-state index in [1.54, 1.807) is 4.09 Å². The summed E-state index contributed by atoms with van der Waals surface area (Å²) in [5, 5.41) is 0. The van der Waals surface area contributed by atoms with E-state index in [2.05, 4.69) is 16.1 Å². The molecule has 0 aliphatic carbocycles. The summed E-state index contributed by atoms with van der Waals surface area (Å²) in [4.78, 5) is 4.94. The summed E-state index contributed by atoms with van der Waals surface area (Å²) in [5.41, 5.74) is 0. The standard InChI is InChI=1S/C4H10BrNO/c1-3-6(5)7-4-2/h3-4H2,1-2H3. The van der Waals surface area contributed by atoms with Crippen LogP contribution in [0.1, 0.15) is 13.8 Å². The summed E-state index contributed by atoms with van der Waals surface area (Å²) >= 11 is 3.15. The molecule has 7 heavy (non-hydrogen) atoms. The van der Waals surface area contributed by atoms with Gasteiger partial charge in [-0.25, -0.2) is 0 Å². The molecule has 0 saturated carbocycles. The van der Waals surface area contributed by atoms with Crippen LogP contribution >= 0.6 is 16.1 Å². The van der Waals surface area contributed by atoms with E-state index in [1.807, 2.05) is 13.8 Å². The van der Waals surface area contributed by atoms with E-state index in [1.165, 1.54) is 0 Å². The highest BCUT2D eigenvalue weighted by molar-refractivity contribution is 9.07. The van der Waals surface area contributed by atoms with Crippen LogP contribution in [-0.2, 0) is 4.84 Å². The Bertz CT molecular complexity index is 42.7. The van der Waals surface area contributed by atoms with Gasteiger partial charge in [0.25, 0.3) is 0 Å². The van der Waals surface area contributed by atoms with Crippen molar-refractivity contribution < 1.29 is 4.84 Å². The predicted molar refractivity (Wildman–Crippen MR) is 32.9 cm³/mol. The Morgan fingerprint density at radius 1 is 1.57 bits per heavy atom. The highest BCUT2D eigenvalue weighted by Gasteiger charge is 1.89. The van der Waals surface area contributed by atoms with Crippen LogP contribution in [0, 0.1) is 0 Å². The van der Waals surface area contributed by atoms with Gasteiger partial charge in [0.2, 0.25) is 0 Å². The molecule has 0 aromatic rings. The van der Waals surface area contributed by atoms with Gasteiger partial charge in [0.15, 0.2) is 0 Å². The minimum atomic E-state index is 0.721. The molecular formula is C4H10BrNO. The SMILES string of the molecule is CCON(Br)CC. The Hall–Kier alpha value is 0.400. The first kappa shape index (κ1) is 7.40. The summed E-state index contributed by atoms with van der Waals surface area (Å²) < 4.78 is 1.62. The molecule has 0 radical (unpaired) electrons. The van der Waals surface area contributed by atoms with Crippen LogP contribution in [0.4, 0.5) is 0 Å². The van der Waals surface area contributed by atoms with Crippen molar-refractivity contribution in [2.75, 3.05) is 13.2 Å². The molecule has 0 amide bonds. The van der Waals surface area contributed by atoms with E-state index in [0.717, 1.165) is 13.2 Å². The minimum absolute atomic E-state index is 0.721. The van der Waals surface area contributed by atoms with Crippen LogP contribution < -0.4 is 0 Å². The zero-order chi connectivity index (χ0) is 5.70. The van der Waals surface area contributed by atoms with Crippen LogP contribution in [0.15, 0.2) is 0 Å². The Morgan fingerprint density at radius 2 is 2.14 bits per heavy atom. The lowest BCUT2D eigenvalue weighted by molar-refractivity contribution is -0.0566. The summed E-state index contributed by atoms with van der Waals surface area (Å²) in [5.74, 6) is 0. The third kappa shape index (κ3) is 4.25. The number of nitrogens with zero attached hydrogens (tertiary/aromatic N) is 1. The molecule has 0 aromatic heterocycles. The van der Waals surface area contributed by atoms with Gasteiger partial charge in [-0.1, -0.05) is 0 Å². The van der Waals surface area contributed by atoms with Gasteiger partial charge in [0, 0.05) is 22.7 Å². The van der Waals surface area contributed by atoms with Crippen LogP contribution in [0.2, 0.25) is 0 Å². The summed E-state index contributed by atoms with van der Waals surface area (Å²) in [6.45, 7) is 5.54. The molecule has 2 nitrogen and oxygen atoms in total. The zero-order valence-electron chi connectivity index (χ0n) is 4.65. The van der Waals surface area contributed by atoms with Crippen molar-refractivity contribution >= 4 is 16.1 Å². The highest BCUT2D eigenvalue weighted by Crippen LogP contribution is 1.95. The van der Waals surface area contributed by atoms with Gasteiger partial charge >= 0.3 is 0 Å². The maximum atomic E-state index is 4.94. The molecule has 0 fully saturated rings. The van der Waals surface area contributed by atoms with Crippen molar-refractivity contribution in [2.24, 2.45) is 0 Å². The van der Waals surface area contributed by atoms with Crippen LogP contribution in [0.5, 0.6) is 0 Å². The number of hydrogen-bond donors (Lipinski definition) is 0. The lowest BCUT2D eigenvalue weighted by Gasteiger charge is -2.07. The number of rotatable bonds is 3. The molecule has 0 N–H and O–H groups in total. The average molecular weight is 168 g/mol. The zero-order valence-corrected chi connectivity index (χ0v) is 6.23. The molecule has 0 unspecified atom stereocenters. The van der Waals surface area contributed by atoms with Gasteiger partial charge in [-0.3, -0.25) is 4.84 Å². The molecule has 0 saturated heterocycles. The lowest BCUT2D eigenvalue weighted by atomic mass is 10.8. The first-order valence-corrected chi connectivity index (χ1v) is 3.08. The van der Waals surface area contributed by atoms with Crippen molar-refractivity contribution in [3.8, 4) is 0 Å². The molecule has 0 aliphatic rings. The van der Waals surface area contributed by atoms with Crippen LogP contribution in [0.3, 0.4) is 0 Å². The Balaban J connectivity index is 2.83. The second kappa shape index (κ2) is 4.56. The topological polar surface area (TPSA) is 12.5 Å². The second-order valence-corrected chi connectivity index (χ2v) is 1.84. The third-order valence-electron chi connectivity index (χ3n) is 0.518. The van der Waals surface area contributed by atoms with Gasteiger partial charge in [-0.05, 0) is 13.8 Å². The van der Waals surface area contributed by atoms with Crippen LogP contribution in [-0.4, -0.2) is 17.2 Å². The Kier molecular flexibility index (Phi) is 4.82. The Labute approximate surface area is 52.7 Å². The van der Waals surface area contributed by atoms with Gasteiger partial charge in [-0.15, -0.1) is 4.09 Å². The predicted octanol–water partition coefficient (Wildman–Crippen LogP) is 1.57. The first-order chi connectivity index (χ1) is 3.31. The smallest absolute Gasteiger partial charge is 0.0667 e. The average Bonchev–Trinajstić information content (AvgIpc) is 1.68. The third-order valence-corrected chi connectivity index (χ3v) is 1.22. The summed E-state index contributed by atoms with van der Waals surface area (Å²) in [7, 11) is 0. The highest BCUT2D eigenvalue weighted by atomic mass is 79.9. The summed E-state index contributed by atoms with van der Waals surface area (Å²) in [6, 6.07) is 0. The fourth-order valence-corrected chi connectivity index (χ4v) is 0.436. The van der Waals surface area contributed by atoms with Crippen molar-refractivity contribution in [1.82, 2.24) is 4.09 Å². The molecule has 0 atom stereocenters. The van der Waals surface area contributed by atoms with Gasteiger partial charge < -0.3 is 0 Å². The van der Waals surface area contributed by atoms with Crippen molar-refractivity contribution in [2.45, 2.75) is 13.8 Å². The number of hydrogen-bond acceptors (Lipinski definition) is 2. The van der Waals surface area contributed by atoms with Gasteiger partial charge in [-0.2, -0.15) is 0 Å². The quantitative estimate of drug-likeness (QED) is 0.468. The van der Waals surface area contributed by atoms with Gasteiger partial charge in [0.05, 0.1) is 6.61 Å². The molecule has 0 bridgehead atoms. The fourth-order valence-electron chi connectivity index (χ4n) is 0.231. The molecule has 0 rings (SSSR count). The molecule has 3 heteroatoms. The van der Waals surface area contributed by atoms with E-state index in [0.29, 0.717) is 0 Å². The van der Waals surface area contributed by atoms with Crippen molar-refractivity contribution in [3.63, 3.8) is 0 Å². The monoisotopic (exact) mass is 167 g/mol. The van der Waals surface area contributed by atoms with E-state index in [9.17, 15) is 0 Å². The minimum Gasteiger partial charge on any atom is -0.288 e. The number of hydroxylamine groups is 1. The largest absolute Gasteiger partial charge is 0.288 e. The summed E-state index contributed by atoms with van der Waals surface area (Å²) in [6.07, 6.45) is 0. The first-order valence-electron chi connectivity index (χ1n) is 2.37. The molecule has 0 spiro atoms. The Morgan fingerprint density at radius 3 is 2.29 bits per heavy atom. The maximum absolute atomic E-state index is 4.94. The molecule has 0 aliphatic heterocycles. The fraction of sp³-hybridized carbons (Fsp3) is 1.00. The maximum Gasteiger partial charge on any atom is 0.0667 e. The normalized spacial score (nSPS) is 10.3. The molecular weight excluding hydrogens is 158 g/mol. The van der Waals surface area contributed by atoms with Crippen molar-refractivity contribution in [3.05, 3.63) is 0 Å². The van der Waals surface area contributed by atoms with Gasteiger partial charge in [0.1, 0.15) is 0 Å².